The first-order chi connectivity index (χ1) is 13.5. The molecule has 0 aliphatic carbocycles. The highest BCUT2D eigenvalue weighted by Crippen LogP contribution is 2.36. The van der Waals surface area contributed by atoms with Crippen LogP contribution in [0.2, 0.25) is 0 Å². The van der Waals surface area contributed by atoms with Gasteiger partial charge < -0.3 is 10.4 Å². The lowest BCUT2D eigenvalue weighted by atomic mass is 9.92. The third kappa shape index (κ3) is 4.11. The third-order valence-electron chi connectivity index (χ3n) is 4.74. The van der Waals surface area contributed by atoms with Crippen LogP contribution in [0.5, 0.6) is 5.75 Å². The predicted octanol–water partition coefficient (Wildman–Crippen LogP) is 4.85. The Labute approximate surface area is 163 Å². The van der Waals surface area contributed by atoms with Crippen LogP contribution < -0.4 is 5.32 Å². The highest BCUT2D eigenvalue weighted by atomic mass is 16.6. The maximum atomic E-state index is 12.5. The van der Waals surface area contributed by atoms with Crippen LogP contribution in [0.15, 0.2) is 60.7 Å². The van der Waals surface area contributed by atoms with Gasteiger partial charge in [0, 0.05) is 24.1 Å². The molecule has 0 aliphatic heterocycles. The number of nitrogens with one attached hydrogen (secondary N) is 1. The van der Waals surface area contributed by atoms with Crippen LogP contribution >= 0.6 is 0 Å². The van der Waals surface area contributed by atoms with Gasteiger partial charge in [0.25, 0.3) is 5.69 Å². The Kier molecular flexibility index (Phi) is 5.89. The largest absolute Gasteiger partial charge is 0.508 e. The molecule has 1 amide bonds. The van der Waals surface area contributed by atoms with Gasteiger partial charge in [-0.05, 0) is 41.0 Å². The average Bonchev–Trinajstić information content (AvgIpc) is 2.71. The molecule has 0 unspecified atom stereocenters. The van der Waals surface area contributed by atoms with Crippen LogP contribution in [-0.2, 0) is 4.79 Å². The number of unbranched alkanes of at least 4 members (excludes halogenated alkanes) is 1. The monoisotopic (exact) mass is 378 g/mol. The highest BCUT2D eigenvalue weighted by Gasteiger charge is 2.23. The number of fused-ring (bicyclic) bond motifs is 1. The van der Waals surface area contributed by atoms with Gasteiger partial charge in [0.1, 0.15) is 5.75 Å². The zero-order valence-corrected chi connectivity index (χ0v) is 15.6. The van der Waals surface area contributed by atoms with Gasteiger partial charge in [-0.25, -0.2) is 0 Å². The summed E-state index contributed by atoms with van der Waals surface area (Å²) < 4.78 is 0. The van der Waals surface area contributed by atoms with E-state index in [9.17, 15) is 20.0 Å². The molecule has 28 heavy (non-hydrogen) atoms. The van der Waals surface area contributed by atoms with Crippen molar-refractivity contribution < 1.29 is 14.8 Å². The first-order valence-corrected chi connectivity index (χ1v) is 9.25. The van der Waals surface area contributed by atoms with Crippen LogP contribution in [0, 0.1) is 10.1 Å². The second-order valence-corrected chi connectivity index (χ2v) is 6.67. The summed E-state index contributed by atoms with van der Waals surface area (Å²) in [5.41, 5.74) is 1.22. The predicted molar refractivity (Wildman–Crippen MR) is 108 cm³/mol. The molecule has 0 radical (unpaired) electrons. The smallest absolute Gasteiger partial charge is 0.269 e. The summed E-state index contributed by atoms with van der Waals surface area (Å²) in [5.74, 6) is -0.0598. The Balaban J connectivity index is 2.10. The summed E-state index contributed by atoms with van der Waals surface area (Å²) in [6.07, 6.45) is 2.04. The molecule has 6 heteroatoms. The Morgan fingerprint density at radius 3 is 2.50 bits per heavy atom. The van der Waals surface area contributed by atoms with Crippen LogP contribution in [-0.4, -0.2) is 15.9 Å². The Hall–Kier alpha value is -3.41. The fraction of sp³-hybridized carbons (Fsp3) is 0.227. The number of nitro groups is 1. The number of amides is 1. The van der Waals surface area contributed by atoms with E-state index in [0.717, 1.165) is 23.6 Å². The standard InChI is InChI=1S/C22H22N2O4/c1-2-3-8-20(26)23-22(16-9-12-17(13-10-16)24(27)28)21-18-7-5-4-6-15(18)11-14-19(21)25/h4-7,9-14,22,25H,2-3,8H2,1H3,(H,23,26)/t22-/m0/s1. The molecule has 0 saturated heterocycles. The zero-order chi connectivity index (χ0) is 20.1. The van der Waals surface area contributed by atoms with E-state index in [4.69, 9.17) is 0 Å². The minimum absolute atomic E-state index is 0.0260. The van der Waals surface area contributed by atoms with Crippen molar-refractivity contribution in [1.82, 2.24) is 5.32 Å². The van der Waals surface area contributed by atoms with E-state index < -0.39 is 11.0 Å². The fourth-order valence-electron chi connectivity index (χ4n) is 3.27. The van der Waals surface area contributed by atoms with Gasteiger partial charge in [0.15, 0.2) is 0 Å². The van der Waals surface area contributed by atoms with Crippen LogP contribution in [0.25, 0.3) is 10.8 Å². The third-order valence-corrected chi connectivity index (χ3v) is 4.74. The van der Waals surface area contributed by atoms with Crippen LogP contribution in [0.1, 0.15) is 43.4 Å². The highest BCUT2D eigenvalue weighted by molar-refractivity contribution is 5.89. The number of aromatic hydroxyl groups is 1. The summed E-state index contributed by atoms with van der Waals surface area (Å²) in [7, 11) is 0. The maximum Gasteiger partial charge on any atom is 0.269 e. The molecule has 0 aromatic heterocycles. The Morgan fingerprint density at radius 1 is 1.11 bits per heavy atom. The number of benzene rings is 3. The average molecular weight is 378 g/mol. The van der Waals surface area contributed by atoms with E-state index in [1.165, 1.54) is 12.1 Å². The number of carbonyl (C=O) groups is 1. The molecule has 144 valence electrons. The SMILES string of the molecule is CCCCC(=O)N[C@@H](c1ccc([N+](=O)[O-])cc1)c1c(O)ccc2ccccc12. The van der Waals surface area contributed by atoms with Gasteiger partial charge in [-0.15, -0.1) is 0 Å². The topological polar surface area (TPSA) is 92.5 Å². The van der Waals surface area contributed by atoms with E-state index in [1.54, 1.807) is 18.2 Å². The summed E-state index contributed by atoms with van der Waals surface area (Å²) in [4.78, 5) is 23.0. The molecular formula is C22H22N2O4. The van der Waals surface area contributed by atoms with Crippen molar-refractivity contribution in [2.75, 3.05) is 0 Å². The maximum absolute atomic E-state index is 12.5. The molecule has 3 aromatic rings. The molecule has 0 bridgehead atoms. The first-order valence-electron chi connectivity index (χ1n) is 9.25. The Morgan fingerprint density at radius 2 is 1.82 bits per heavy atom. The molecule has 0 spiro atoms. The van der Waals surface area contributed by atoms with Gasteiger partial charge in [-0.2, -0.15) is 0 Å². The number of nitrogens with zero attached hydrogens (tertiary/aromatic N) is 1. The number of phenolic OH excluding ortho intramolecular Hbond substituents is 1. The minimum atomic E-state index is -0.615. The van der Waals surface area contributed by atoms with E-state index in [0.29, 0.717) is 17.5 Å². The molecular weight excluding hydrogens is 356 g/mol. The second-order valence-electron chi connectivity index (χ2n) is 6.67. The molecule has 6 nitrogen and oxygen atoms in total. The molecule has 2 N–H and O–H groups in total. The number of hydrogen-bond acceptors (Lipinski definition) is 4. The minimum Gasteiger partial charge on any atom is -0.508 e. The van der Waals surface area contributed by atoms with E-state index in [1.807, 2.05) is 37.3 Å². The number of non-ortho nitro benzene ring substituents is 1. The number of hydrogen-bond donors (Lipinski definition) is 2. The second kappa shape index (κ2) is 8.52. The summed E-state index contributed by atoms with van der Waals surface area (Å²) >= 11 is 0. The molecule has 0 heterocycles. The number of carbonyl (C=O) groups excluding carboxylic acids is 1. The van der Waals surface area contributed by atoms with Crippen molar-refractivity contribution in [3.63, 3.8) is 0 Å². The van der Waals surface area contributed by atoms with Crippen molar-refractivity contribution in [3.05, 3.63) is 81.9 Å². The molecule has 0 fully saturated rings. The zero-order valence-electron chi connectivity index (χ0n) is 15.6. The van der Waals surface area contributed by atoms with Crippen LogP contribution in [0.4, 0.5) is 5.69 Å². The van der Waals surface area contributed by atoms with Crippen molar-refractivity contribution in [2.45, 2.75) is 32.2 Å². The number of rotatable bonds is 7. The molecule has 0 saturated carbocycles. The van der Waals surface area contributed by atoms with Crippen LogP contribution in [0.3, 0.4) is 0 Å². The van der Waals surface area contributed by atoms with E-state index >= 15 is 0 Å². The van der Waals surface area contributed by atoms with E-state index in [-0.39, 0.29) is 17.3 Å². The van der Waals surface area contributed by atoms with Gasteiger partial charge in [-0.1, -0.05) is 43.7 Å². The number of phenols is 1. The van der Waals surface area contributed by atoms with Crippen molar-refractivity contribution in [2.24, 2.45) is 0 Å². The van der Waals surface area contributed by atoms with E-state index in [2.05, 4.69) is 5.32 Å². The molecule has 3 aromatic carbocycles. The van der Waals surface area contributed by atoms with Gasteiger partial charge in [0.2, 0.25) is 5.91 Å². The lowest BCUT2D eigenvalue weighted by Crippen LogP contribution is -2.29. The molecule has 1 atom stereocenters. The first kappa shape index (κ1) is 19.4. The molecule has 0 aliphatic rings. The lowest BCUT2D eigenvalue weighted by molar-refractivity contribution is -0.384. The fourth-order valence-corrected chi connectivity index (χ4v) is 3.27. The van der Waals surface area contributed by atoms with Crippen molar-refractivity contribution in [1.29, 1.82) is 0 Å². The molecule has 3 rings (SSSR count). The lowest BCUT2D eigenvalue weighted by Gasteiger charge is -2.22. The summed E-state index contributed by atoms with van der Waals surface area (Å²) in [6.45, 7) is 2.01. The quantitative estimate of drug-likeness (QED) is 0.454. The summed E-state index contributed by atoms with van der Waals surface area (Å²) in [6, 6.07) is 16.5. The van der Waals surface area contributed by atoms with Gasteiger partial charge in [0.05, 0.1) is 11.0 Å². The number of nitro benzene ring substituents is 1. The van der Waals surface area contributed by atoms with Gasteiger partial charge >= 0.3 is 0 Å². The van der Waals surface area contributed by atoms with Gasteiger partial charge in [-0.3, -0.25) is 14.9 Å². The van der Waals surface area contributed by atoms with Crippen molar-refractivity contribution >= 4 is 22.4 Å². The van der Waals surface area contributed by atoms with Crippen molar-refractivity contribution in [3.8, 4) is 5.75 Å². The normalized spacial score (nSPS) is 11.9. The summed E-state index contributed by atoms with van der Waals surface area (Å²) in [5, 5.41) is 26.3. The Bertz CT molecular complexity index is 999.